The molecule has 1 fully saturated rings. The molecule has 0 aliphatic carbocycles. The minimum absolute atomic E-state index is 0.208. The Kier molecular flexibility index (Phi) is 6.57. The number of aryl methyl sites for hydroxylation is 2. The van der Waals surface area contributed by atoms with E-state index in [1.54, 1.807) is 26.0 Å². The molecule has 2 aromatic carbocycles. The van der Waals surface area contributed by atoms with Crippen LogP contribution in [0.4, 0.5) is 8.78 Å². The highest BCUT2D eigenvalue weighted by Gasteiger charge is 2.33. The number of amides is 1. The van der Waals surface area contributed by atoms with E-state index >= 15 is 0 Å². The fourth-order valence-electron chi connectivity index (χ4n) is 3.85. The zero-order valence-electron chi connectivity index (χ0n) is 17.3. The summed E-state index contributed by atoms with van der Waals surface area (Å²) in [5.41, 5.74) is 1.90. The number of rotatable bonds is 5. The second-order valence-electron chi connectivity index (χ2n) is 7.84. The number of hydrogen-bond acceptors (Lipinski definition) is 3. The molecule has 1 saturated heterocycles. The van der Waals surface area contributed by atoms with Crippen molar-refractivity contribution in [1.82, 2.24) is 9.62 Å². The van der Waals surface area contributed by atoms with Crippen LogP contribution in [0.1, 0.15) is 42.5 Å². The molecule has 0 spiro atoms. The highest BCUT2D eigenvalue weighted by Crippen LogP contribution is 2.27. The number of carbonyl (C=O) groups is 1. The van der Waals surface area contributed by atoms with Gasteiger partial charge in [0.05, 0.1) is 10.9 Å². The standard InChI is InChI=1S/C22H26F2N2O3S/c1-14-4-7-21(15(2)12-14)30(28,29)26-10-8-17(9-11-26)22(27)25-16(3)19-6-5-18(23)13-20(19)24/h4-7,12-13,16-17H,8-11H2,1-3H3,(H,25,27). The predicted molar refractivity (Wildman–Crippen MR) is 110 cm³/mol. The molecule has 1 N–H and O–H groups in total. The fourth-order valence-corrected chi connectivity index (χ4v) is 5.52. The monoisotopic (exact) mass is 436 g/mol. The number of piperidine rings is 1. The lowest BCUT2D eigenvalue weighted by molar-refractivity contribution is -0.126. The van der Waals surface area contributed by atoms with Gasteiger partial charge in [-0.1, -0.05) is 23.8 Å². The van der Waals surface area contributed by atoms with Crippen LogP contribution in [0.5, 0.6) is 0 Å². The summed E-state index contributed by atoms with van der Waals surface area (Å²) < 4.78 is 54.4. The Morgan fingerprint density at radius 2 is 1.77 bits per heavy atom. The van der Waals surface area contributed by atoms with Gasteiger partial charge in [0.15, 0.2) is 0 Å². The van der Waals surface area contributed by atoms with E-state index in [9.17, 15) is 22.0 Å². The molecule has 0 radical (unpaired) electrons. The quantitative estimate of drug-likeness (QED) is 0.774. The van der Waals surface area contributed by atoms with E-state index in [1.165, 1.54) is 10.4 Å². The zero-order valence-corrected chi connectivity index (χ0v) is 18.1. The molecule has 0 saturated carbocycles. The molecular formula is C22H26F2N2O3S. The third-order valence-corrected chi connectivity index (χ3v) is 7.62. The van der Waals surface area contributed by atoms with Crippen molar-refractivity contribution in [2.24, 2.45) is 5.92 Å². The van der Waals surface area contributed by atoms with E-state index in [0.717, 1.165) is 17.7 Å². The second-order valence-corrected chi connectivity index (χ2v) is 9.75. The Bertz CT molecular complexity index is 1050. The van der Waals surface area contributed by atoms with Gasteiger partial charge in [-0.3, -0.25) is 4.79 Å². The Morgan fingerprint density at radius 1 is 1.10 bits per heavy atom. The number of nitrogens with one attached hydrogen (secondary N) is 1. The molecule has 1 atom stereocenters. The smallest absolute Gasteiger partial charge is 0.243 e. The van der Waals surface area contributed by atoms with Gasteiger partial charge in [-0.15, -0.1) is 0 Å². The van der Waals surface area contributed by atoms with Crippen molar-refractivity contribution in [1.29, 1.82) is 0 Å². The van der Waals surface area contributed by atoms with Gasteiger partial charge in [0.2, 0.25) is 15.9 Å². The predicted octanol–water partition coefficient (Wildman–Crippen LogP) is 3.86. The van der Waals surface area contributed by atoms with Crippen molar-refractivity contribution in [3.05, 3.63) is 64.7 Å². The van der Waals surface area contributed by atoms with Crippen LogP contribution in [0, 0.1) is 31.4 Å². The van der Waals surface area contributed by atoms with E-state index in [1.807, 2.05) is 13.0 Å². The van der Waals surface area contributed by atoms with E-state index in [4.69, 9.17) is 0 Å². The highest BCUT2D eigenvalue weighted by molar-refractivity contribution is 7.89. The van der Waals surface area contributed by atoms with Crippen LogP contribution in [0.15, 0.2) is 41.3 Å². The topological polar surface area (TPSA) is 66.5 Å². The number of halogens is 2. The average molecular weight is 437 g/mol. The summed E-state index contributed by atoms with van der Waals surface area (Å²) in [5, 5.41) is 2.76. The number of hydrogen-bond donors (Lipinski definition) is 1. The molecule has 8 heteroatoms. The Morgan fingerprint density at radius 3 is 2.37 bits per heavy atom. The maximum Gasteiger partial charge on any atom is 0.243 e. The number of sulfonamides is 1. The van der Waals surface area contributed by atoms with Crippen LogP contribution >= 0.6 is 0 Å². The van der Waals surface area contributed by atoms with Crippen molar-refractivity contribution in [3.63, 3.8) is 0 Å². The molecular weight excluding hydrogens is 410 g/mol. The first kappa shape index (κ1) is 22.4. The molecule has 0 aromatic heterocycles. The molecule has 30 heavy (non-hydrogen) atoms. The Hall–Kier alpha value is -2.32. The molecule has 1 aliphatic rings. The molecule has 1 aliphatic heterocycles. The third-order valence-electron chi connectivity index (χ3n) is 5.56. The first-order chi connectivity index (χ1) is 14.1. The lowest BCUT2D eigenvalue weighted by Crippen LogP contribution is -2.43. The van der Waals surface area contributed by atoms with Crippen LogP contribution in [0.2, 0.25) is 0 Å². The van der Waals surface area contributed by atoms with Crippen molar-refractivity contribution in [3.8, 4) is 0 Å². The highest BCUT2D eigenvalue weighted by atomic mass is 32.2. The van der Waals surface area contributed by atoms with E-state index in [0.29, 0.717) is 18.4 Å². The molecule has 3 rings (SSSR count). The first-order valence-corrected chi connectivity index (χ1v) is 11.4. The summed E-state index contributed by atoms with van der Waals surface area (Å²) in [6.45, 7) is 5.80. The average Bonchev–Trinajstić information content (AvgIpc) is 2.67. The van der Waals surface area contributed by atoms with Gasteiger partial charge in [0.25, 0.3) is 0 Å². The summed E-state index contributed by atoms with van der Waals surface area (Å²) in [4.78, 5) is 12.9. The van der Waals surface area contributed by atoms with Crippen LogP contribution < -0.4 is 5.32 Å². The van der Waals surface area contributed by atoms with Gasteiger partial charge in [-0.05, 0) is 51.3 Å². The van der Waals surface area contributed by atoms with Crippen molar-refractivity contribution in [2.75, 3.05) is 13.1 Å². The van der Waals surface area contributed by atoms with Gasteiger partial charge in [0, 0.05) is 30.6 Å². The molecule has 5 nitrogen and oxygen atoms in total. The van der Waals surface area contributed by atoms with Crippen molar-refractivity contribution < 1.29 is 22.0 Å². The normalized spacial score (nSPS) is 17.0. The minimum atomic E-state index is -3.62. The lowest BCUT2D eigenvalue weighted by atomic mass is 9.96. The fraction of sp³-hybridized carbons (Fsp3) is 0.409. The Labute approximate surface area is 176 Å². The van der Waals surface area contributed by atoms with Crippen LogP contribution in [-0.2, 0) is 14.8 Å². The van der Waals surface area contributed by atoms with Gasteiger partial charge < -0.3 is 5.32 Å². The van der Waals surface area contributed by atoms with Gasteiger partial charge >= 0.3 is 0 Å². The van der Waals surface area contributed by atoms with E-state index < -0.39 is 27.7 Å². The van der Waals surface area contributed by atoms with Crippen molar-refractivity contribution >= 4 is 15.9 Å². The minimum Gasteiger partial charge on any atom is -0.349 e. The van der Waals surface area contributed by atoms with Gasteiger partial charge in [0.1, 0.15) is 11.6 Å². The number of nitrogens with zero attached hydrogens (tertiary/aromatic N) is 1. The maximum atomic E-state index is 13.9. The number of benzene rings is 2. The van der Waals surface area contributed by atoms with Crippen LogP contribution in [-0.4, -0.2) is 31.7 Å². The molecule has 0 bridgehead atoms. The number of carbonyl (C=O) groups excluding carboxylic acids is 1. The summed E-state index contributed by atoms with van der Waals surface area (Å²) in [7, 11) is -3.62. The molecule has 1 heterocycles. The van der Waals surface area contributed by atoms with Gasteiger partial charge in [-0.25, -0.2) is 17.2 Å². The lowest BCUT2D eigenvalue weighted by Gasteiger charge is -2.31. The summed E-state index contributed by atoms with van der Waals surface area (Å²) >= 11 is 0. The second kappa shape index (κ2) is 8.81. The zero-order chi connectivity index (χ0) is 22.1. The van der Waals surface area contributed by atoms with Crippen LogP contribution in [0.25, 0.3) is 0 Å². The largest absolute Gasteiger partial charge is 0.349 e. The third kappa shape index (κ3) is 4.70. The van der Waals surface area contributed by atoms with E-state index in [-0.39, 0.29) is 35.4 Å². The first-order valence-electron chi connectivity index (χ1n) is 9.92. The summed E-state index contributed by atoms with van der Waals surface area (Å²) in [6, 6.07) is 7.87. The maximum absolute atomic E-state index is 13.9. The summed E-state index contributed by atoms with van der Waals surface area (Å²) in [5.74, 6) is -2.00. The molecule has 1 unspecified atom stereocenters. The van der Waals surface area contributed by atoms with Crippen LogP contribution in [0.3, 0.4) is 0 Å². The molecule has 2 aromatic rings. The molecule has 1 amide bonds. The summed E-state index contributed by atoms with van der Waals surface area (Å²) in [6.07, 6.45) is 0.767. The van der Waals surface area contributed by atoms with Crippen molar-refractivity contribution in [2.45, 2.75) is 44.6 Å². The van der Waals surface area contributed by atoms with Gasteiger partial charge in [-0.2, -0.15) is 4.31 Å². The SMILES string of the molecule is Cc1ccc(S(=O)(=O)N2CCC(C(=O)NC(C)c3ccc(F)cc3F)CC2)c(C)c1. The van der Waals surface area contributed by atoms with E-state index in [2.05, 4.69) is 5.32 Å². The Balaban J connectivity index is 1.62. The molecule has 162 valence electrons.